The van der Waals surface area contributed by atoms with Crippen LogP contribution in [0.3, 0.4) is 0 Å². The van der Waals surface area contributed by atoms with Crippen LogP contribution in [0.25, 0.3) is 0 Å². The molecule has 0 aliphatic carbocycles. The van der Waals surface area contributed by atoms with E-state index in [9.17, 15) is 18.1 Å². The number of H-pyrrole nitrogens is 1. The van der Waals surface area contributed by atoms with Gasteiger partial charge in [0.2, 0.25) is 0 Å². The van der Waals surface area contributed by atoms with Crippen LogP contribution in [0.15, 0.2) is 19.6 Å². The molecular weight excluding hydrogens is 359 g/mol. The van der Waals surface area contributed by atoms with Gasteiger partial charge in [0.15, 0.2) is 0 Å². The van der Waals surface area contributed by atoms with Gasteiger partial charge in [-0.15, -0.1) is 0 Å². The number of aromatic amines is 1. The van der Waals surface area contributed by atoms with Crippen molar-refractivity contribution in [2.24, 2.45) is 3.79 Å². The summed E-state index contributed by atoms with van der Waals surface area (Å²) in [6, 6.07) is 0. The molecule has 1 aliphatic rings. The molecule has 24 heavy (non-hydrogen) atoms. The Morgan fingerprint density at radius 1 is 1.58 bits per heavy atom. The number of likely N-dealkylation sites (N-methyl/N-ethyl adjacent to an activating group) is 1. The molecule has 2 N–H and O–H groups in total. The van der Waals surface area contributed by atoms with E-state index < -0.39 is 45.7 Å². The first-order valence-electron chi connectivity index (χ1n) is 7.25. The van der Waals surface area contributed by atoms with E-state index >= 15 is 0 Å². The summed E-state index contributed by atoms with van der Waals surface area (Å²) < 4.78 is 27.1. The number of rotatable bonds is 6. The molecule has 1 aromatic rings. The van der Waals surface area contributed by atoms with Crippen molar-refractivity contribution in [2.45, 2.75) is 31.8 Å². The van der Waals surface area contributed by atoms with E-state index in [-0.39, 0.29) is 19.1 Å². The van der Waals surface area contributed by atoms with Crippen molar-refractivity contribution in [3.05, 3.63) is 32.6 Å². The van der Waals surface area contributed by atoms with Gasteiger partial charge in [0, 0.05) is 0 Å². The summed E-state index contributed by atoms with van der Waals surface area (Å²) in [6.45, 7) is 1.57. The first-order chi connectivity index (χ1) is 11.5. The SMILES string of the molecule is CNC(=O)COC1CC(n2cc(C)c(=O)[nH]c2=O)OC1C[N]=[V]=[O]. The zero-order chi connectivity index (χ0) is 17.7. The molecule has 0 spiro atoms. The van der Waals surface area contributed by atoms with Crippen LogP contribution in [-0.2, 0) is 34.0 Å². The summed E-state index contributed by atoms with van der Waals surface area (Å²) in [7, 11) is 1.50. The second kappa shape index (κ2) is 8.38. The quantitative estimate of drug-likeness (QED) is 0.645. The molecule has 1 amide bonds. The number of hydrogen-bond acceptors (Lipinski definition) is 7. The van der Waals surface area contributed by atoms with Gasteiger partial charge in [0.25, 0.3) is 0 Å². The van der Waals surface area contributed by atoms with E-state index in [1.54, 1.807) is 6.92 Å². The normalized spacial score (nSPS) is 22.8. The zero-order valence-electron chi connectivity index (χ0n) is 13.2. The fraction of sp³-hybridized carbons (Fsp3) is 0.615. The van der Waals surface area contributed by atoms with Crippen molar-refractivity contribution < 1.29 is 34.0 Å². The van der Waals surface area contributed by atoms with Crippen molar-refractivity contribution in [3.63, 3.8) is 0 Å². The Labute approximate surface area is 143 Å². The van der Waals surface area contributed by atoms with Crippen LogP contribution in [0.5, 0.6) is 0 Å². The molecule has 0 radical (unpaired) electrons. The summed E-state index contributed by atoms with van der Waals surface area (Å²) in [5, 5.41) is 2.44. The molecule has 1 aromatic heterocycles. The molecule has 2 heterocycles. The average molecular weight is 377 g/mol. The number of carbonyl (C=O) groups excluding carboxylic acids is 1. The van der Waals surface area contributed by atoms with Crippen molar-refractivity contribution in [3.8, 4) is 0 Å². The van der Waals surface area contributed by atoms with Crippen molar-refractivity contribution in [2.75, 3.05) is 20.2 Å². The number of carbonyl (C=O) groups is 1. The van der Waals surface area contributed by atoms with Crippen molar-refractivity contribution in [1.82, 2.24) is 14.9 Å². The molecule has 131 valence electrons. The minimum atomic E-state index is -1.37. The van der Waals surface area contributed by atoms with Gasteiger partial charge in [-0.2, -0.15) is 0 Å². The van der Waals surface area contributed by atoms with Crippen LogP contribution in [-0.4, -0.2) is 47.9 Å². The summed E-state index contributed by atoms with van der Waals surface area (Å²) in [6.07, 6.45) is 0.0512. The van der Waals surface area contributed by atoms with Crippen LogP contribution in [0.1, 0.15) is 18.2 Å². The Morgan fingerprint density at radius 3 is 3.00 bits per heavy atom. The number of nitrogens with zero attached hydrogens (tertiary/aromatic N) is 2. The number of amides is 1. The molecule has 10 nitrogen and oxygen atoms in total. The van der Waals surface area contributed by atoms with E-state index in [2.05, 4.69) is 14.1 Å². The first-order valence-corrected chi connectivity index (χ1v) is 8.44. The van der Waals surface area contributed by atoms with Crippen LogP contribution >= 0.6 is 0 Å². The molecule has 1 saturated heterocycles. The van der Waals surface area contributed by atoms with Crippen LogP contribution < -0.4 is 16.6 Å². The maximum absolute atomic E-state index is 12.0. The zero-order valence-corrected chi connectivity index (χ0v) is 14.6. The van der Waals surface area contributed by atoms with E-state index in [0.29, 0.717) is 12.0 Å². The topological polar surface area (TPSA) is 132 Å². The van der Waals surface area contributed by atoms with Crippen LogP contribution in [0.4, 0.5) is 0 Å². The van der Waals surface area contributed by atoms with E-state index in [1.807, 2.05) is 0 Å². The Morgan fingerprint density at radius 2 is 2.33 bits per heavy atom. The van der Waals surface area contributed by atoms with E-state index in [0.717, 1.165) is 0 Å². The molecular formula is C13H18N4O6V. The van der Waals surface area contributed by atoms with Gasteiger partial charge in [-0.3, -0.25) is 0 Å². The third-order valence-electron chi connectivity index (χ3n) is 3.66. The molecule has 3 unspecified atom stereocenters. The third-order valence-corrected chi connectivity index (χ3v) is 4.10. The number of aryl methyl sites for hydroxylation is 1. The molecule has 0 saturated carbocycles. The Kier molecular flexibility index (Phi) is 6.49. The van der Waals surface area contributed by atoms with E-state index in [1.165, 1.54) is 17.8 Å². The van der Waals surface area contributed by atoms with Gasteiger partial charge in [-0.05, 0) is 0 Å². The molecule has 0 bridgehead atoms. The molecule has 2 rings (SSSR count). The summed E-state index contributed by atoms with van der Waals surface area (Å²) in [5.74, 6) is -0.290. The van der Waals surface area contributed by atoms with Gasteiger partial charge < -0.3 is 0 Å². The minimum absolute atomic E-state index is 0.148. The predicted molar refractivity (Wildman–Crippen MR) is 76.4 cm³/mol. The molecule has 1 fully saturated rings. The number of aromatic nitrogens is 2. The monoisotopic (exact) mass is 377 g/mol. The summed E-state index contributed by atoms with van der Waals surface area (Å²) >= 11 is -1.37. The Balaban J connectivity index is 2.20. The van der Waals surface area contributed by atoms with Crippen molar-refractivity contribution in [1.29, 1.82) is 0 Å². The first kappa shape index (κ1) is 18.6. The van der Waals surface area contributed by atoms with E-state index in [4.69, 9.17) is 9.47 Å². The molecule has 3 atom stereocenters. The number of nitrogens with one attached hydrogen (secondary N) is 2. The molecule has 11 heteroatoms. The summed E-state index contributed by atoms with van der Waals surface area (Å²) in [5.41, 5.74) is -0.671. The third kappa shape index (κ3) is 4.41. The fourth-order valence-electron chi connectivity index (χ4n) is 2.38. The molecule has 0 aromatic carbocycles. The van der Waals surface area contributed by atoms with Crippen LogP contribution in [0.2, 0.25) is 0 Å². The second-order valence-corrected chi connectivity index (χ2v) is 5.97. The van der Waals surface area contributed by atoms with Gasteiger partial charge in [-0.25, -0.2) is 0 Å². The average Bonchev–Trinajstić information content (AvgIpc) is 2.96. The summed E-state index contributed by atoms with van der Waals surface area (Å²) in [4.78, 5) is 37.0. The van der Waals surface area contributed by atoms with Gasteiger partial charge in [-0.1, -0.05) is 0 Å². The second-order valence-electron chi connectivity index (χ2n) is 5.27. The predicted octanol–water partition coefficient (Wildman–Crippen LogP) is -1.12. The van der Waals surface area contributed by atoms with Gasteiger partial charge in [0.05, 0.1) is 0 Å². The number of ether oxygens (including phenoxy) is 2. The Bertz CT molecular complexity index is 768. The fourth-order valence-corrected chi connectivity index (χ4v) is 2.73. The Hall–Kier alpha value is -1.75. The molecule has 1 aliphatic heterocycles. The number of hydrogen-bond donors (Lipinski definition) is 2. The maximum atomic E-state index is 12.0. The van der Waals surface area contributed by atoms with Gasteiger partial charge >= 0.3 is 143 Å². The standard InChI is InChI=1S/C13H18N4O5.O.V/c1-7-5-17(13(20)16-12(7)19)11-3-8(9(4-14)22-11)21-6-10(18)15-2;;/h5,8-9,11H,3-4,6H2,1-2H3,(H,15,18)(H,16,19,20);;. The van der Waals surface area contributed by atoms with Gasteiger partial charge in [0.1, 0.15) is 0 Å². The van der Waals surface area contributed by atoms with Crippen LogP contribution in [0, 0.1) is 6.92 Å². The van der Waals surface area contributed by atoms with Crippen molar-refractivity contribution >= 4 is 5.91 Å².